The molecule has 4 nitrogen and oxygen atoms in total. The van der Waals surface area contributed by atoms with Crippen LogP contribution in [0.4, 0.5) is 0 Å². The number of hydrogen-bond donors (Lipinski definition) is 1. The summed E-state index contributed by atoms with van der Waals surface area (Å²) in [5.41, 5.74) is 1.24. The van der Waals surface area contributed by atoms with E-state index in [0.717, 1.165) is 38.9 Å². The standard InChI is InChI=1S/C19H28N2O2/c1-15(2)18-19(23-14-17(22)20-18)9-12-21(13-10-19)11-8-16-6-4-3-5-7-16/h3-7,15,18H,8-14H2,1-2H3,(H,20,22). The number of carbonyl (C=O) groups is 1. The molecule has 2 aliphatic rings. The van der Waals surface area contributed by atoms with Crippen LogP contribution in [0.3, 0.4) is 0 Å². The van der Waals surface area contributed by atoms with Crippen molar-refractivity contribution in [1.29, 1.82) is 0 Å². The molecule has 1 aromatic carbocycles. The number of nitrogens with one attached hydrogen (secondary N) is 1. The molecule has 1 amide bonds. The number of morpholine rings is 1. The molecule has 1 unspecified atom stereocenters. The summed E-state index contributed by atoms with van der Waals surface area (Å²) in [7, 11) is 0. The molecular weight excluding hydrogens is 288 g/mol. The Kier molecular flexibility index (Phi) is 5.02. The first-order chi connectivity index (χ1) is 11.1. The van der Waals surface area contributed by atoms with Crippen LogP contribution in [-0.4, -0.2) is 48.7 Å². The monoisotopic (exact) mass is 316 g/mol. The molecule has 1 atom stereocenters. The van der Waals surface area contributed by atoms with Gasteiger partial charge in [-0.15, -0.1) is 0 Å². The van der Waals surface area contributed by atoms with Crippen LogP contribution in [0.15, 0.2) is 30.3 Å². The van der Waals surface area contributed by atoms with E-state index < -0.39 is 0 Å². The Labute approximate surface area is 139 Å². The SMILES string of the molecule is CC(C)C1NC(=O)COC12CCN(CCc1ccccc1)CC2. The highest BCUT2D eigenvalue weighted by atomic mass is 16.5. The van der Waals surface area contributed by atoms with Crippen molar-refractivity contribution in [3.63, 3.8) is 0 Å². The Balaban J connectivity index is 1.55. The summed E-state index contributed by atoms with van der Waals surface area (Å²) in [5.74, 6) is 0.427. The second-order valence-corrected chi connectivity index (χ2v) is 7.22. The average molecular weight is 316 g/mol. The molecule has 3 rings (SSSR count). The lowest BCUT2D eigenvalue weighted by Gasteiger charge is -2.50. The van der Waals surface area contributed by atoms with Gasteiger partial charge in [0.1, 0.15) is 6.61 Å². The van der Waals surface area contributed by atoms with E-state index in [-0.39, 0.29) is 24.2 Å². The summed E-state index contributed by atoms with van der Waals surface area (Å²) in [4.78, 5) is 14.2. The van der Waals surface area contributed by atoms with Crippen LogP contribution in [0.2, 0.25) is 0 Å². The van der Waals surface area contributed by atoms with Gasteiger partial charge >= 0.3 is 0 Å². The molecule has 2 heterocycles. The minimum absolute atomic E-state index is 0.0285. The highest BCUT2D eigenvalue weighted by Gasteiger charge is 2.47. The maximum absolute atomic E-state index is 11.7. The van der Waals surface area contributed by atoms with Gasteiger partial charge in [-0.1, -0.05) is 44.2 Å². The van der Waals surface area contributed by atoms with Gasteiger partial charge in [-0.3, -0.25) is 4.79 Å². The van der Waals surface area contributed by atoms with Gasteiger partial charge in [0.15, 0.2) is 0 Å². The Morgan fingerprint density at radius 1 is 1.26 bits per heavy atom. The van der Waals surface area contributed by atoms with Crippen LogP contribution in [-0.2, 0) is 16.0 Å². The Morgan fingerprint density at radius 2 is 1.96 bits per heavy atom. The van der Waals surface area contributed by atoms with E-state index in [1.54, 1.807) is 0 Å². The molecule has 23 heavy (non-hydrogen) atoms. The molecule has 126 valence electrons. The van der Waals surface area contributed by atoms with E-state index >= 15 is 0 Å². The maximum Gasteiger partial charge on any atom is 0.246 e. The van der Waals surface area contributed by atoms with Gasteiger partial charge in [-0.2, -0.15) is 0 Å². The molecule has 1 aromatic rings. The van der Waals surface area contributed by atoms with Crippen molar-refractivity contribution in [1.82, 2.24) is 10.2 Å². The summed E-state index contributed by atoms with van der Waals surface area (Å²) in [6.45, 7) is 7.75. The summed E-state index contributed by atoms with van der Waals surface area (Å²) in [6, 6.07) is 10.8. The van der Waals surface area contributed by atoms with Crippen LogP contribution in [0, 0.1) is 5.92 Å². The zero-order valence-corrected chi connectivity index (χ0v) is 14.3. The normalized spacial score (nSPS) is 24.8. The molecular formula is C19H28N2O2. The van der Waals surface area contributed by atoms with E-state index in [9.17, 15) is 4.79 Å². The Bertz CT molecular complexity index is 521. The third-order valence-corrected chi connectivity index (χ3v) is 5.30. The summed E-state index contributed by atoms with van der Waals surface area (Å²) in [5, 5.41) is 3.17. The summed E-state index contributed by atoms with van der Waals surface area (Å²) >= 11 is 0. The topological polar surface area (TPSA) is 41.6 Å². The molecule has 1 N–H and O–H groups in total. The summed E-state index contributed by atoms with van der Waals surface area (Å²) < 4.78 is 6.07. The van der Waals surface area contributed by atoms with E-state index in [0.29, 0.717) is 5.92 Å². The van der Waals surface area contributed by atoms with Gasteiger partial charge in [0.05, 0.1) is 11.6 Å². The Hall–Kier alpha value is -1.39. The largest absolute Gasteiger partial charge is 0.363 e. The quantitative estimate of drug-likeness (QED) is 0.926. The number of benzene rings is 1. The fourth-order valence-corrected chi connectivity index (χ4v) is 3.96. The zero-order valence-electron chi connectivity index (χ0n) is 14.3. The maximum atomic E-state index is 11.7. The number of piperidine rings is 1. The van der Waals surface area contributed by atoms with Crippen LogP contribution in [0.5, 0.6) is 0 Å². The smallest absolute Gasteiger partial charge is 0.246 e. The second-order valence-electron chi connectivity index (χ2n) is 7.22. The lowest BCUT2D eigenvalue weighted by molar-refractivity contribution is -0.165. The molecule has 4 heteroatoms. The number of likely N-dealkylation sites (tertiary alicyclic amines) is 1. The van der Waals surface area contributed by atoms with Crippen molar-refractivity contribution < 1.29 is 9.53 Å². The first kappa shape index (κ1) is 16.5. The van der Waals surface area contributed by atoms with Crippen LogP contribution >= 0.6 is 0 Å². The van der Waals surface area contributed by atoms with Crippen molar-refractivity contribution in [3.05, 3.63) is 35.9 Å². The minimum atomic E-state index is -0.161. The minimum Gasteiger partial charge on any atom is -0.363 e. The lowest BCUT2D eigenvalue weighted by atomic mass is 9.78. The highest BCUT2D eigenvalue weighted by Crippen LogP contribution is 2.35. The molecule has 2 saturated heterocycles. The second kappa shape index (κ2) is 7.02. The van der Waals surface area contributed by atoms with Gasteiger partial charge in [0.25, 0.3) is 0 Å². The number of hydrogen-bond acceptors (Lipinski definition) is 3. The van der Waals surface area contributed by atoms with Crippen molar-refractivity contribution in [3.8, 4) is 0 Å². The van der Waals surface area contributed by atoms with Crippen LogP contribution in [0.1, 0.15) is 32.3 Å². The van der Waals surface area contributed by atoms with Gasteiger partial charge in [0, 0.05) is 19.6 Å². The number of carbonyl (C=O) groups excluding carboxylic acids is 1. The molecule has 0 aliphatic carbocycles. The van der Waals surface area contributed by atoms with Crippen molar-refractivity contribution in [2.45, 2.75) is 44.8 Å². The number of amides is 1. The van der Waals surface area contributed by atoms with E-state index in [1.165, 1.54) is 5.56 Å². The number of nitrogens with zero attached hydrogens (tertiary/aromatic N) is 1. The predicted molar refractivity (Wildman–Crippen MR) is 91.3 cm³/mol. The summed E-state index contributed by atoms with van der Waals surface area (Å²) in [6.07, 6.45) is 3.11. The van der Waals surface area contributed by atoms with Crippen LogP contribution in [0.25, 0.3) is 0 Å². The van der Waals surface area contributed by atoms with Gasteiger partial charge in [-0.05, 0) is 30.7 Å². The van der Waals surface area contributed by atoms with Gasteiger partial charge < -0.3 is 15.0 Å². The third-order valence-electron chi connectivity index (χ3n) is 5.30. The first-order valence-electron chi connectivity index (χ1n) is 8.79. The number of rotatable bonds is 4. The van der Waals surface area contributed by atoms with E-state index in [4.69, 9.17) is 4.74 Å². The fraction of sp³-hybridized carbons (Fsp3) is 0.632. The number of ether oxygens (including phenoxy) is 1. The third kappa shape index (κ3) is 3.75. The molecule has 2 fully saturated rings. The first-order valence-corrected chi connectivity index (χ1v) is 8.79. The molecule has 0 saturated carbocycles. The fourth-order valence-electron chi connectivity index (χ4n) is 3.96. The lowest BCUT2D eigenvalue weighted by Crippen LogP contribution is -2.65. The van der Waals surface area contributed by atoms with Crippen LogP contribution < -0.4 is 5.32 Å². The molecule has 2 aliphatic heterocycles. The van der Waals surface area contributed by atoms with E-state index in [2.05, 4.69) is 54.4 Å². The average Bonchev–Trinajstić information content (AvgIpc) is 2.57. The van der Waals surface area contributed by atoms with Crippen molar-refractivity contribution in [2.75, 3.05) is 26.2 Å². The van der Waals surface area contributed by atoms with Gasteiger partial charge in [0.2, 0.25) is 5.91 Å². The molecule has 0 radical (unpaired) electrons. The van der Waals surface area contributed by atoms with Crippen molar-refractivity contribution >= 4 is 5.91 Å². The highest BCUT2D eigenvalue weighted by molar-refractivity contribution is 5.78. The molecule has 0 aromatic heterocycles. The van der Waals surface area contributed by atoms with Gasteiger partial charge in [-0.25, -0.2) is 0 Å². The van der Waals surface area contributed by atoms with Crippen molar-refractivity contribution in [2.24, 2.45) is 5.92 Å². The zero-order chi connectivity index (χ0) is 16.3. The van der Waals surface area contributed by atoms with E-state index in [1.807, 2.05) is 0 Å². The molecule has 1 spiro atoms. The molecule has 0 bridgehead atoms. The predicted octanol–water partition coefficient (Wildman–Crippen LogP) is 2.23. The Morgan fingerprint density at radius 3 is 2.61 bits per heavy atom.